The average Bonchev–Trinajstić information content (AvgIpc) is 3.12. The normalized spacial score (nSPS) is 25.2. The molecular formula is C17H24N2O4. The summed E-state index contributed by atoms with van der Waals surface area (Å²) in [6.07, 6.45) is 4.86. The van der Waals surface area contributed by atoms with Crippen LogP contribution in [0.4, 0.5) is 0 Å². The van der Waals surface area contributed by atoms with E-state index in [-0.39, 0.29) is 17.2 Å². The largest absolute Gasteiger partial charge is 0.459 e. The SMILES string of the molecule is COCCN1CCC2(CCCN(C(=O)c3ccco3)CC2)C1=O. The minimum absolute atomic E-state index is 0.0752. The number of amides is 2. The van der Waals surface area contributed by atoms with Crippen LogP contribution in [0.5, 0.6) is 0 Å². The summed E-state index contributed by atoms with van der Waals surface area (Å²) in [5.41, 5.74) is -0.286. The van der Waals surface area contributed by atoms with E-state index < -0.39 is 0 Å². The summed E-state index contributed by atoms with van der Waals surface area (Å²) in [5, 5.41) is 0. The third kappa shape index (κ3) is 3.13. The quantitative estimate of drug-likeness (QED) is 0.848. The first kappa shape index (κ1) is 16.1. The monoisotopic (exact) mass is 320 g/mol. The van der Waals surface area contributed by atoms with E-state index in [1.165, 1.54) is 6.26 Å². The first-order valence-corrected chi connectivity index (χ1v) is 8.27. The Bertz CT molecular complexity index is 557. The van der Waals surface area contributed by atoms with Gasteiger partial charge in [0, 0.05) is 33.3 Å². The van der Waals surface area contributed by atoms with Gasteiger partial charge in [-0.2, -0.15) is 0 Å². The highest BCUT2D eigenvalue weighted by molar-refractivity contribution is 5.91. The molecule has 2 fully saturated rings. The van der Waals surface area contributed by atoms with E-state index in [2.05, 4.69) is 0 Å². The van der Waals surface area contributed by atoms with Crippen molar-refractivity contribution in [2.45, 2.75) is 25.7 Å². The van der Waals surface area contributed by atoms with Gasteiger partial charge in [0.25, 0.3) is 5.91 Å². The summed E-state index contributed by atoms with van der Waals surface area (Å²) in [5.74, 6) is 0.538. The van der Waals surface area contributed by atoms with E-state index in [1.807, 2.05) is 9.80 Å². The van der Waals surface area contributed by atoms with E-state index in [4.69, 9.17) is 9.15 Å². The zero-order chi connectivity index (χ0) is 16.3. The molecule has 2 aliphatic heterocycles. The first-order chi connectivity index (χ1) is 11.2. The molecule has 126 valence electrons. The molecule has 6 nitrogen and oxygen atoms in total. The van der Waals surface area contributed by atoms with Gasteiger partial charge < -0.3 is 19.0 Å². The molecule has 0 bridgehead atoms. The second-order valence-corrected chi connectivity index (χ2v) is 6.44. The van der Waals surface area contributed by atoms with E-state index in [0.717, 1.165) is 32.2 Å². The molecule has 0 saturated carbocycles. The van der Waals surface area contributed by atoms with Crippen molar-refractivity contribution in [1.29, 1.82) is 0 Å². The highest BCUT2D eigenvalue weighted by atomic mass is 16.5. The Morgan fingerprint density at radius 3 is 2.87 bits per heavy atom. The highest BCUT2D eigenvalue weighted by Crippen LogP contribution is 2.41. The fourth-order valence-electron chi connectivity index (χ4n) is 3.72. The van der Waals surface area contributed by atoms with Crippen LogP contribution in [0.25, 0.3) is 0 Å². The van der Waals surface area contributed by atoms with Crippen LogP contribution in [0.1, 0.15) is 36.2 Å². The van der Waals surface area contributed by atoms with E-state index in [9.17, 15) is 9.59 Å². The fraction of sp³-hybridized carbons (Fsp3) is 0.647. The highest BCUT2D eigenvalue weighted by Gasteiger charge is 2.47. The molecule has 0 radical (unpaired) electrons. The number of hydrogen-bond donors (Lipinski definition) is 0. The molecule has 1 unspecified atom stereocenters. The van der Waals surface area contributed by atoms with E-state index in [1.54, 1.807) is 19.2 Å². The summed E-state index contributed by atoms with van der Waals surface area (Å²) < 4.78 is 10.3. The molecule has 3 rings (SSSR count). The molecule has 1 aromatic heterocycles. The smallest absolute Gasteiger partial charge is 0.289 e. The zero-order valence-corrected chi connectivity index (χ0v) is 13.6. The van der Waals surface area contributed by atoms with Gasteiger partial charge >= 0.3 is 0 Å². The average molecular weight is 320 g/mol. The second-order valence-electron chi connectivity index (χ2n) is 6.44. The third-order valence-electron chi connectivity index (χ3n) is 5.13. The maximum absolute atomic E-state index is 12.8. The molecule has 0 aromatic carbocycles. The standard InChI is InChI=1S/C17H24N2O4/c1-22-13-11-19-10-7-17(16(19)21)5-3-8-18(9-6-17)15(20)14-4-2-12-23-14/h2,4,12H,3,5-11,13H2,1H3. The Hall–Kier alpha value is -1.82. The number of methoxy groups -OCH3 is 1. The van der Waals surface area contributed by atoms with Crippen LogP contribution >= 0.6 is 0 Å². The number of hydrogen-bond acceptors (Lipinski definition) is 4. The number of ether oxygens (including phenoxy) is 1. The van der Waals surface area contributed by atoms with Crippen molar-refractivity contribution in [2.75, 3.05) is 39.9 Å². The lowest BCUT2D eigenvalue weighted by molar-refractivity contribution is -0.137. The Labute approximate surface area is 136 Å². The maximum Gasteiger partial charge on any atom is 0.289 e. The molecule has 3 heterocycles. The summed E-state index contributed by atoms with van der Waals surface area (Å²) in [6, 6.07) is 3.41. The van der Waals surface area contributed by atoms with Gasteiger partial charge in [0.1, 0.15) is 0 Å². The summed E-state index contributed by atoms with van der Waals surface area (Å²) in [4.78, 5) is 28.9. The summed E-state index contributed by atoms with van der Waals surface area (Å²) in [7, 11) is 1.65. The topological polar surface area (TPSA) is 63.0 Å². The summed E-state index contributed by atoms with van der Waals surface area (Å²) in [6.45, 7) is 3.33. The maximum atomic E-state index is 12.8. The third-order valence-corrected chi connectivity index (χ3v) is 5.13. The lowest BCUT2D eigenvalue weighted by Gasteiger charge is -2.26. The van der Waals surface area contributed by atoms with Crippen LogP contribution in [0.3, 0.4) is 0 Å². The number of carbonyl (C=O) groups is 2. The van der Waals surface area contributed by atoms with Gasteiger partial charge in [0.05, 0.1) is 18.3 Å². The van der Waals surface area contributed by atoms with Gasteiger partial charge in [-0.25, -0.2) is 0 Å². The molecule has 2 saturated heterocycles. The van der Waals surface area contributed by atoms with Crippen LogP contribution < -0.4 is 0 Å². The Balaban J connectivity index is 1.64. The Kier molecular flexibility index (Phi) is 4.71. The van der Waals surface area contributed by atoms with Crippen molar-refractivity contribution in [3.8, 4) is 0 Å². The molecule has 1 aromatic rings. The van der Waals surface area contributed by atoms with Gasteiger partial charge in [0.2, 0.25) is 5.91 Å². The molecule has 23 heavy (non-hydrogen) atoms. The van der Waals surface area contributed by atoms with Gasteiger partial charge in [-0.05, 0) is 37.8 Å². The second kappa shape index (κ2) is 6.74. The molecule has 2 aliphatic rings. The van der Waals surface area contributed by atoms with Crippen molar-refractivity contribution in [3.63, 3.8) is 0 Å². The van der Waals surface area contributed by atoms with Crippen molar-refractivity contribution in [3.05, 3.63) is 24.2 Å². The number of likely N-dealkylation sites (tertiary alicyclic amines) is 2. The van der Waals surface area contributed by atoms with Crippen LogP contribution in [0.15, 0.2) is 22.8 Å². The number of furan rings is 1. The molecule has 2 amide bonds. The van der Waals surface area contributed by atoms with Crippen LogP contribution in [0.2, 0.25) is 0 Å². The predicted molar refractivity (Wildman–Crippen MR) is 84.0 cm³/mol. The first-order valence-electron chi connectivity index (χ1n) is 8.27. The van der Waals surface area contributed by atoms with Gasteiger partial charge in [-0.1, -0.05) is 0 Å². The van der Waals surface area contributed by atoms with E-state index >= 15 is 0 Å². The van der Waals surface area contributed by atoms with Crippen LogP contribution in [-0.2, 0) is 9.53 Å². The van der Waals surface area contributed by atoms with E-state index in [0.29, 0.717) is 32.0 Å². The Morgan fingerprint density at radius 1 is 1.30 bits per heavy atom. The molecule has 1 spiro atoms. The minimum atomic E-state index is -0.286. The Morgan fingerprint density at radius 2 is 2.13 bits per heavy atom. The van der Waals surface area contributed by atoms with Crippen molar-refractivity contribution >= 4 is 11.8 Å². The number of nitrogens with zero attached hydrogens (tertiary/aromatic N) is 2. The molecule has 0 aliphatic carbocycles. The molecular weight excluding hydrogens is 296 g/mol. The number of rotatable bonds is 4. The fourth-order valence-corrected chi connectivity index (χ4v) is 3.72. The van der Waals surface area contributed by atoms with Gasteiger partial charge in [-0.3, -0.25) is 9.59 Å². The van der Waals surface area contributed by atoms with Crippen LogP contribution in [0, 0.1) is 5.41 Å². The molecule has 1 atom stereocenters. The predicted octanol–water partition coefficient (Wildman–Crippen LogP) is 1.77. The zero-order valence-electron chi connectivity index (χ0n) is 13.6. The lowest BCUT2D eigenvalue weighted by Crippen LogP contribution is -2.37. The van der Waals surface area contributed by atoms with Crippen molar-refractivity contribution < 1.29 is 18.7 Å². The van der Waals surface area contributed by atoms with Crippen LogP contribution in [-0.4, -0.2) is 61.5 Å². The van der Waals surface area contributed by atoms with Crippen molar-refractivity contribution in [2.24, 2.45) is 5.41 Å². The van der Waals surface area contributed by atoms with Gasteiger partial charge in [-0.15, -0.1) is 0 Å². The molecule has 0 N–H and O–H groups in total. The van der Waals surface area contributed by atoms with Crippen molar-refractivity contribution in [1.82, 2.24) is 9.80 Å². The summed E-state index contributed by atoms with van der Waals surface area (Å²) >= 11 is 0. The number of carbonyl (C=O) groups excluding carboxylic acids is 2. The van der Waals surface area contributed by atoms with Gasteiger partial charge in [0.15, 0.2) is 5.76 Å². The lowest BCUT2D eigenvalue weighted by atomic mass is 9.79. The minimum Gasteiger partial charge on any atom is -0.459 e. The molecule has 6 heteroatoms.